The zero-order chi connectivity index (χ0) is 13.2. The quantitative estimate of drug-likeness (QED) is 0.756. The van der Waals surface area contributed by atoms with Gasteiger partial charge < -0.3 is 10.6 Å². The Labute approximate surface area is 114 Å². The van der Waals surface area contributed by atoms with Crippen molar-refractivity contribution in [2.45, 2.75) is 25.9 Å². The van der Waals surface area contributed by atoms with Crippen LogP contribution in [0, 0.1) is 0 Å². The zero-order valence-electron chi connectivity index (χ0n) is 11.1. The highest BCUT2D eigenvalue weighted by atomic mass is 32.2. The van der Waals surface area contributed by atoms with Crippen LogP contribution in [0.4, 0.5) is 0 Å². The topological polar surface area (TPSA) is 41.1 Å². The van der Waals surface area contributed by atoms with E-state index in [4.69, 9.17) is 0 Å². The van der Waals surface area contributed by atoms with E-state index in [0.717, 1.165) is 17.7 Å². The van der Waals surface area contributed by atoms with Gasteiger partial charge >= 0.3 is 0 Å². The molecular weight excluding hydrogens is 244 g/mol. The first-order chi connectivity index (χ1) is 8.76. The average Bonchev–Trinajstić information content (AvgIpc) is 2.42. The molecule has 0 bridgehead atoms. The predicted octanol–water partition coefficient (Wildman–Crippen LogP) is 2.03. The molecule has 0 aliphatic heterocycles. The van der Waals surface area contributed by atoms with E-state index in [1.165, 1.54) is 0 Å². The third-order valence-corrected chi connectivity index (χ3v) is 3.48. The summed E-state index contributed by atoms with van der Waals surface area (Å²) < 4.78 is 0. The van der Waals surface area contributed by atoms with E-state index in [9.17, 15) is 4.79 Å². The van der Waals surface area contributed by atoms with Crippen LogP contribution < -0.4 is 10.6 Å². The molecule has 3 nitrogen and oxygen atoms in total. The maximum Gasteiger partial charge on any atom is 0.234 e. The Morgan fingerprint density at radius 1 is 1.33 bits per heavy atom. The first-order valence-electron chi connectivity index (χ1n) is 6.29. The van der Waals surface area contributed by atoms with Gasteiger partial charge in [-0.15, -0.1) is 0 Å². The molecule has 4 heteroatoms. The highest BCUT2D eigenvalue weighted by molar-refractivity contribution is 7.98. The Bertz CT molecular complexity index is 343. The predicted molar refractivity (Wildman–Crippen MR) is 78.8 cm³/mol. The third-order valence-electron chi connectivity index (χ3n) is 2.74. The van der Waals surface area contributed by atoms with Crippen LogP contribution in [0.2, 0.25) is 0 Å². The van der Waals surface area contributed by atoms with E-state index < -0.39 is 0 Å². The minimum atomic E-state index is 0.0541. The molecule has 0 aromatic heterocycles. The summed E-state index contributed by atoms with van der Waals surface area (Å²) in [5.41, 5.74) is 1.13. The molecule has 0 saturated heterocycles. The number of thioether (sulfide) groups is 1. The Morgan fingerprint density at radius 3 is 2.67 bits per heavy atom. The maximum absolute atomic E-state index is 11.7. The van der Waals surface area contributed by atoms with Gasteiger partial charge in [-0.2, -0.15) is 11.8 Å². The smallest absolute Gasteiger partial charge is 0.234 e. The molecule has 100 valence electrons. The lowest BCUT2D eigenvalue weighted by molar-refractivity contribution is -0.120. The molecule has 1 amide bonds. The van der Waals surface area contributed by atoms with Gasteiger partial charge in [0.2, 0.25) is 5.91 Å². The summed E-state index contributed by atoms with van der Waals surface area (Å²) in [6.07, 6.45) is 3.13. The van der Waals surface area contributed by atoms with Crippen molar-refractivity contribution in [3.63, 3.8) is 0 Å². The molecule has 0 aliphatic rings. The first kappa shape index (κ1) is 15.1. The summed E-state index contributed by atoms with van der Waals surface area (Å²) in [4.78, 5) is 11.7. The van der Waals surface area contributed by atoms with Crippen molar-refractivity contribution < 1.29 is 4.79 Å². The van der Waals surface area contributed by atoms with Crippen LogP contribution in [-0.2, 0) is 11.3 Å². The van der Waals surface area contributed by atoms with Gasteiger partial charge in [-0.25, -0.2) is 0 Å². The van der Waals surface area contributed by atoms with Crippen LogP contribution in [0.1, 0.15) is 18.9 Å². The van der Waals surface area contributed by atoms with Gasteiger partial charge in [-0.3, -0.25) is 4.79 Å². The van der Waals surface area contributed by atoms with Crippen molar-refractivity contribution in [3.8, 4) is 0 Å². The monoisotopic (exact) mass is 266 g/mol. The van der Waals surface area contributed by atoms with Gasteiger partial charge in [0.15, 0.2) is 0 Å². The first-order valence-corrected chi connectivity index (χ1v) is 7.68. The zero-order valence-corrected chi connectivity index (χ0v) is 11.9. The van der Waals surface area contributed by atoms with Crippen molar-refractivity contribution >= 4 is 17.7 Å². The molecule has 0 aliphatic carbocycles. The molecule has 1 unspecified atom stereocenters. The number of benzene rings is 1. The largest absolute Gasteiger partial charge is 0.351 e. The van der Waals surface area contributed by atoms with Crippen molar-refractivity contribution in [2.24, 2.45) is 0 Å². The van der Waals surface area contributed by atoms with Crippen molar-refractivity contribution in [1.82, 2.24) is 10.6 Å². The van der Waals surface area contributed by atoms with E-state index in [1.54, 1.807) is 11.8 Å². The van der Waals surface area contributed by atoms with E-state index in [1.807, 2.05) is 30.3 Å². The molecule has 1 atom stereocenters. The average molecular weight is 266 g/mol. The summed E-state index contributed by atoms with van der Waals surface area (Å²) in [7, 11) is 0. The summed E-state index contributed by atoms with van der Waals surface area (Å²) in [5, 5.41) is 6.19. The molecule has 0 heterocycles. The van der Waals surface area contributed by atoms with Crippen LogP contribution >= 0.6 is 11.8 Å². The second-order valence-electron chi connectivity index (χ2n) is 4.20. The number of amides is 1. The number of rotatable bonds is 8. The molecule has 0 saturated carbocycles. The number of hydrogen-bond acceptors (Lipinski definition) is 3. The number of nitrogens with one attached hydrogen (secondary N) is 2. The Balaban J connectivity index is 2.21. The molecule has 0 radical (unpaired) electrons. The lowest BCUT2D eigenvalue weighted by atomic mass is 10.2. The van der Waals surface area contributed by atoms with Crippen molar-refractivity contribution in [1.29, 1.82) is 0 Å². The van der Waals surface area contributed by atoms with Gasteiger partial charge in [0.05, 0.1) is 6.54 Å². The second kappa shape index (κ2) is 9.00. The fourth-order valence-electron chi connectivity index (χ4n) is 1.62. The molecule has 2 N–H and O–H groups in total. The van der Waals surface area contributed by atoms with E-state index in [2.05, 4.69) is 23.8 Å². The maximum atomic E-state index is 11.7. The number of carbonyl (C=O) groups excluding carboxylic acids is 1. The van der Waals surface area contributed by atoms with Gasteiger partial charge in [0.25, 0.3) is 0 Å². The molecule has 0 fully saturated rings. The normalized spacial score (nSPS) is 12.1. The lowest BCUT2D eigenvalue weighted by Crippen LogP contribution is -2.39. The molecule has 0 spiro atoms. The second-order valence-corrected chi connectivity index (χ2v) is 5.11. The minimum absolute atomic E-state index is 0.0541. The van der Waals surface area contributed by atoms with Gasteiger partial charge in [0, 0.05) is 18.3 Å². The lowest BCUT2D eigenvalue weighted by Gasteiger charge is -2.15. The standard InChI is InChI=1S/C14H22N2OS/c1-3-13(11-18-2)15-10-14(17)16-9-12-7-5-4-6-8-12/h4-8,13,15H,3,9-11H2,1-2H3,(H,16,17). The summed E-state index contributed by atoms with van der Waals surface area (Å²) >= 11 is 1.80. The van der Waals surface area contributed by atoms with Crippen molar-refractivity contribution in [3.05, 3.63) is 35.9 Å². The summed E-state index contributed by atoms with van der Waals surface area (Å²) in [6, 6.07) is 10.4. The fraction of sp³-hybridized carbons (Fsp3) is 0.500. The SMILES string of the molecule is CCC(CSC)NCC(=O)NCc1ccccc1. The highest BCUT2D eigenvalue weighted by Crippen LogP contribution is 2.00. The van der Waals surface area contributed by atoms with E-state index >= 15 is 0 Å². The van der Waals surface area contributed by atoms with Crippen molar-refractivity contribution in [2.75, 3.05) is 18.6 Å². The Hall–Kier alpha value is -1.00. The third kappa shape index (κ3) is 6.07. The van der Waals surface area contributed by atoms with Crippen LogP contribution in [-0.4, -0.2) is 30.5 Å². The molecule has 1 rings (SSSR count). The van der Waals surface area contributed by atoms with E-state index in [0.29, 0.717) is 19.1 Å². The molecule has 1 aromatic carbocycles. The van der Waals surface area contributed by atoms with Crippen LogP contribution in [0.3, 0.4) is 0 Å². The van der Waals surface area contributed by atoms with Crippen LogP contribution in [0.5, 0.6) is 0 Å². The van der Waals surface area contributed by atoms with Gasteiger partial charge in [0.1, 0.15) is 0 Å². The Morgan fingerprint density at radius 2 is 2.06 bits per heavy atom. The van der Waals surface area contributed by atoms with Crippen LogP contribution in [0.15, 0.2) is 30.3 Å². The van der Waals surface area contributed by atoms with E-state index in [-0.39, 0.29) is 5.91 Å². The molecule has 1 aromatic rings. The summed E-state index contributed by atoms with van der Waals surface area (Å²) in [5.74, 6) is 1.10. The molecular formula is C14H22N2OS. The Kier molecular flexibility index (Phi) is 7.53. The number of carbonyl (C=O) groups is 1. The fourth-order valence-corrected chi connectivity index (χ4v) is 2.37. The summed E-state index contributed by atoms with van der Waals surface area (Å²) in [6.45, 7) is 3.13. The van der Waals surface area contributed by atoms with Crippen LogP contribution in [0.25, 0.3) is 0 Å². The highest BCUT2D eigenvalue weighted by Gasteiger charge is 2.07. The number of hydrogen-bond donors (Lipinski definition) is 2. The van der Waals surface area contributed by atoms with Gasteiger partial charge in [-0.1, -0.05) is 37.3 Å². The molecule has 18 heavy (non-hydrogen) atoms. The minimum Gasteiger partial charge on any atom is -0.351 e. The van der Waals surface area contributed by atoms with Gasteiger partial charge in [-0.05, 0) is 18.2 Å².